The van der Waals surface area contributed by atoms with Crippen LogP contribution >= 0.6 is 35.4 Å². The Morgan fingerprint density at radius 3 is 2.00 bits per heavy atom. The highest BCUT2D eigenvalue weighted by Gasteiger charge is 2.27. The second-order valence-electron chi connectivity index (χ2n) is 3.73. The van der Waals surface area contributed by atoms with Crippen molar-refractivity contribution < 1.29 is 4.74 Å². The molecule has 0 aliphatic rings. The van der Waals surface area contributed by atoms with Crippen molar-refractivity contribution in [3.63, 3.8) is 0 Å². The van der Waals surface area contributed by atoms with Gasteiger partial charge in [0.25, 0.3) is 9.69 Å². The molecule has 5 heteroatoms. The molecule has 0 saturated carbocycles. The molecule has 0 fully saturated rings. The van der Waals surface area contributed by atoms with Crippen molar-refractivity contribution in [2.45, 2.75) is 44.3 Å². The summed E-state index contributed by atoms with van der Waals surface area (Å²) in [6.45, 7) is 11.6. The molecule has 0 amide bonds. The lowest BCUT2D eigenvalue weighted by atomic mass is 10.2. The molecule has 0 aromatic carbocycles. The van der Waals surface area contributed by atoms with Crippen LogP contribution in [0.1, 0.15) is 27.7 Å². The van der Waals surface area contributed by atoms with Gasteiger partial charge in [-0.3, -0.25) is 0 Å². The molecule has 15 heavy (non-hydrogen) atoms. The molecule has 0 saturated heterocycles. The van der Waals surface area contributed by atoms with Crippen LogP contribution in [0.15, 0.2) is 12.7 Å². The number of thiocarbonyl (C=S) groups is 1. The number of halogens is 2. The van der Waals surface area contributed by atoms with Gasteiger partial charge < -0.3 is 9.64 Å². The van der Waals surface area contributed by atoms with Crippen molar-refractivity contribution in [2.75, 3.05) is 0 Å². The summed E-state index contributed by atoms with van der Waals surface area (Å²) in [5.74, 6) is 0. The van der Waals surface area contributed by atoms with E-state index >= 15 is 0 Å². The van der Waals surface area contributed by atoms with Crippen LogP contribution in [0.4, 0.5) is 0 Å². The van der Waals surface area contributed by atoms with Gasteiger partial charge in [0, 0.05) is 12.1 Å². The van der Waals surface area contributed by atoms with Crippen LogP contribution in [0.5, 0.6) is 0 Å². The predicted octanol–water partition coefficient (Wildman–Crippen LogP) is 3.72. The van der Waals surface area contributed by atoms with Gasteiger partial charge in [-0.25, -0.2) is 0 Å². The van der Waals surface area contributed by atoms with Gasteiger partial charge >= 0.3 is 0 Å². The first-order valence-electron chi connectivity index (χ1n) is 4.74. The maximum atomic E-state index is 5.78. The Bertz CT molecular complexity index is 234. The molecule has 0 radical (unpaired) electrons. The summed E-state index contributed by atoms with van der Waals surface area (Å²) < 4.78 is 3.78. The van der Waals surface area contributed by atoms with Crippen molar-refractivity contribution in [3.05, 3.63) is 12.7 Å². The standard InChI is InChI=1S/C10H17Cl2NOS/c1-6-10(11,12)14-9(15)13(7(2)3)8(4)5/h6-8H,1H2,2-5H3. The zero-order valence-corrected chi connectivity index (χ0v) is 11.8. The molecule has 0 bridgehead atoms. The molecule has 2 nitrogen and oxygen atoms in total. The molecule has 0 spiro atoms. The van der Waals surface area contributed by atoms with Crippen molar-refractivity contribution >= 4 is 40.6 Å². The van der Waals surface area contributed by atoms with Crippen LogP contribution in [0.2, 0.25) is 0 Å². The number of hydrogen-bond acceptors (Lipinski definition) is 2. The van der Waals surface area contributed by atoms with Crippen LogP contribution in [0.25, 0.3) is 0 Å². The Morgan fingerprint density at radius 1 is 1.33 bits per heavy atom. The second kappa shape index (κ2) is 5.92. The Morgan fingerprint density at radius 2 is 1.73 bits per heavy atom. The smallest absolute Gasteiger partial charge is 0.280 e. The largest absolute Gasteiger partial charge is 0.430 e. The highest BCUT2D eigenvalue weighted by Crippen LogP contribution is 2.25. The zero-order chi connectivity index (χ0) is 12.2. The molecule has 0 rings (SSSR count). The Labute approximate surface area is 107 Å². The van der Waals surface area contributed by atoms with E-state index in [4.69, 9.17) is 40.2 Å². The molecule has 0 aromatic rings. The van der Waals surface area contributed by atoms with Gasteiger partial charge in [-0.1, -0.05) is 29.8 Å². The normalized spacial score (nSPS) is 11.7. The van der Waals surface area contributed by atoms with Gasteiger partial charge in [-0.15, -0.1) is 0 Å². The Hall–Kier alpha value is 0.01000. The van der Waals surface area contributed by atoms with E-state index in [-0.39, 0.29) is 17.3 Å². The van der Waals surface area contributed by atoms with Gasteiger partial charge in [0.2, 0.25) is 0 Å². The van der Waals surface area contributed by atoms with E-state index < -0.39 is 4.52 Å². The molecular weight excluding hydrogens is 253 g/mol. The minimum absolute atomic E-state index is 0.228. The third-order valence-electron chi connectivity index (χ3n) is 1.78. The van der Waals surface area contributed by atoms with Gasteiger partial charge in [0.05, 0.1) is 0 Å². The Balaban J connectivity index is 4.60. The highest BCUT2D eigenvalue weighted by molar-refractivity contribution is 7.80. The number of alkyl halides is 2. The van der Waals surface area contributed by atoms with E-state index in [1.54, 1.807) is 0 Å². The van der Waals surface area contributed by atoms with E-state index in [1.165, 1.54) is 6.08 Å². The molecule has 0 aromatic heterocycles. The van der Waals surface area contributed by atoms with E-state index in [1.807, 2.05) is 32.6 Å². The molecular formula is C10H17Cl2NOS. The zero-order valence-electron chi connectivity index (χ0n) is 9.46. The van der Waals surface area contributed by atoms with Crippen LogP contribution in [0.3, 0.4) is 0 Å². The first-order chi connectivity index (χ1) is 6.71. The van der Waals surface area contributed by atoms with E-state index in [0.717, 1.165) is 0 Å². The van der Waals surface area contributed by atoms with Gasteiger partial charge in [-0.2, -0.15) is 0 Å². The Kier molecular flexibility index (Phi) is 5.93. The summed E-state index contributed by atoms with van der Waals surface area (Å²) in [5.41, 5.74) is 0. The monoisotopic (exact) mass is 269 g/mol. The molecule has 0 aliphatic carbocycles. The summed E-state index contributed by atoms with van der Waals surface area (Å²) in [5, 5.41) is 0.282. The number of hydrogen-bond donors (Lipinski definition) is 0. The third-order valence-corrected chi connectivity index (χ3v) is 2.54. The summed E-state index contributed by atoms with van der Waals surface area (Å²) in [6, 6.07) is 0.456. The summed E-state index contributed by atoms with van der Waals surface area (Å²) in [6.07, 6.45) is 1.29. The average Bonchev–Trinajstić information content (AvgIpc) is 2.01. The highest BCUT2D eigenvalue weighted by atomic mass is 35.5. The first-order valence-corrected chi connectivity index (χ1v) is 5.90. The van der Waals surface area contributed by atoms with Gasteiger partial charge in [-0.05, 0) is 46.0 Å². The quantitative estimate of drug-likeness (QED) is 0.439. The average molecular weight is 270 g/mol. The van der Waals surface area contributed by atoms with Crippen molar-refractivity contribution in [1.82, 2.24) is 4.90 Å². The van der Waals surface area contributed by atoms with E-state index in [9.17, 15) is 0 Å². The van der Waals surface area contributed by atoms with Crippen LogP contribution in [0, 0.1) is 0 Å². The number of rotatable bonds is 4. The fourth-order valence-electron chi connectivity index (χ4n) is 1.23. The lowest BCUT2D eigenvalue weighted by Gasteiger charge is -2.34. The van der Waals surface area contributed by atoms with Crippen LogP contribution in [-0.2, 0) is 4.74 Å². The lowest BCUT2D eigenvalue weighted by molar-refractivity contribution is 0.181. The third kappa shape index (κ3) is 5.05. The minimum Gasteiger partial charge on any atom is -0.430 e. The van der Waals surface area contributed by atoms with Crippen molar-refractivity contribution in [3.8, 4) is 0 Å². The molecule has 0 heterocycles. The van der Waals surface area contributed by atoms with Crippen molar-refractivity contribution in [2.24, 2.45) is 0 Å². The molecule has 0 atom stereocenters. The second-order valence-corrected chi connectivity index (χ2v) is 5.39. The van der Waals surface area contributed by atoms with Gasteiger partial charge in [0.15, 0.2) is 0 Å². The molecule has 0 aliphatic heterocycles. The lowest BCUT2D eigenvalue weighted by Crippen LogP contribution is -2.44. The maximum Gasteiger partial charge on any atom is 0.280 e. The predicted molar refractivity (Wildman–Crippen MR) is 70.4 cm³/mol. The summed E-state index contributed by atoms with van der Waals surface area (Å²) in [4.78, 5) is 1.92. The number of nitrogens with zero attached hydrogens (tertiary/aromatic N) is 1. The van der Waals surface area contributed by atoms with Crippen LogP contribution in [-0.4, -0.2) is 26.7 Å². The van der Waals surface area contributed by atoms with Crippen molar-refractivity contribution in [1.29, 1.82) is 0 Å². The molecule has 0 N–H and O–H groups in total. The summed E-state index contributed by atoms with van der Waals surface area (Å²) >= 11 is 16.7. The first kappa shape index (κ1) is 15.0. The fraction of sp³-hybridized carbons (Fsp3) is 0.700. The molecule has 88 valence electrons. The van der Waals surface area contributed by atoms with E-state index in [0.29, 0.717) is 0 Å². The topological polar surface area (TPSA) is 12.5 Å². The molecule has 0 unspecified atom stereocenters. The maximum absolute atomic E-state index is 5.78. The summed E-state index contributed by atoms with van der Waals surface area (Å²) in [7, 11) is 0. The SMILES string of the molecule is C=CC(Cl)(Cl)OC(=S)N(C(C)C)C(C)C. The van der Waals surface area contributed by atoms with Gasteiger partial charge in [0.1, 0.15) is 0 Å². The van der Waals surface area contributed by atoms with Crippen LogP contribution < -0.4 is 0 Å². The minimum atomic E-state index is -1.46. The number of ether oxygens (including phenoxy) is 1. The van der Waals surface area contributed by atoms with E-state index in [2.05, 4.69) is 6.58 Å². The fourth-order valence-corrected chi connectivity index (χ4v) is 2.02.